The van der Waals surface area contributed by atoms with Crippen LogP contribution in [0.3, 0.4) is 0 Å². The van der Waals surface area contributed by atoms with Crippen molar-refractivity contribution in [2.24, 2.45) is 0 Å². The molecule has 0 heterocycles. The Morgan fingerprint density at radius 2 is 0.714 bits per heavy atom. The summed E-state index contributed by atoms with van der Waals surface area (Å²) in [7, 11) is 0. The van der Waals surface area contributed by atoms with Gasteiger partial charge in [-0.15, -0.1) is 0 Å². The zero-order valence-corrected chi connectivity index (χ0v) is 19.2. The number of hydrogen-bond donors (Lipinski definition) is 2. The van der Waals surface area contributed by atoms with Crippen LogP contribution in [0.5, 0.6) is 0 Å². The largest absolute Gasteiger partial charge is 0.398 e. The molecular formula is C26H40N2. The van der Waals surface area contributed by atoms with Crippen molar-refractivity contribution in [2.45, 2.75) is 91.9 Å². The van der Waals surface area contributed by atoms with Crippen LogP contribution >= 0.6 is 0 Å². The minimum atomic E-state index is 0.439. The maximum absolute atomic E-state index is 6.47. The van der Waals surface area contributed by atoms with Gasteiger partial charge in [0.1, 0.15) is 0 Å². The van der Waals surface area contributed by atoms with E-state index in [2.05, 4.69) is 79.7 Å². The number of aryl methyl sites for hydroxylation is 2. The Kier molecular flexibility index (Phi) is 7.20. The van der Waals surface area contributed by atoms with E-state index in [0.29, 0.717) is 23.7 Å². The smallest absolute Gasteiger partial charge is 0.0384 e. The molecule has 0 aliphatic carbocycles. The zero-order valence-electron chi connectivity index (χ0n) is 19.2. The predicted molar refractivity (Wildman–Crippen MR) is 125 cm³/mol. The molecule has 154 valence electrons. The topological polar surface area (TPSA) is 52.0 Å². The van der Waals surface area contributed by atoms with Crippen LogP contribution in [0.15, 0.2) is 24.3 Å². The highest BCUT2D eigenvalue weighted by Gasteiger charge is 2.16. The molecule has 0 amide bonds. The van der Waals surface area contributed by atoms with Gasteiger partial charge >= 0.3 is 0 Å². The Hall–Kier alpha value is -1.96. The second-order valence-electron chi connectivity index (χ2n) is 9.49. The van der Waals surface area contributed by atoms with Crippen LogP contribution in [0.2, 0.25) is 0 Å². The molecule has 0 unspecified atom stereocenters. The first-order chi connectivity index (χ1) is 13.0. The molecule has 4 N–H and O–H groups in total. The number of benzene rings is 2. The van der Waals surface area contributed by atoms with E-state index in [9.17, 15) is 0 Å². The Bertz CT molecular complexity index is 686. The SMILES string of the molecule is CC(C)c1cc(CCc2cc(C(C)C)c(N)c(C(C)C)c2)cc(C(C)C)c1N. The van der Waals surface area contributed by atoms with Crippen LogP contribution in [0.1, 0.15) is 112 Å². The average molecular weight is 381 g/mol. The first-order valence-corrected chi connectivity index (χ1v) is 10.9. The second kappa shape index (κ2) is 9.03. The van der Waals surface area contributed by atoms with Crippen LogP contribution < -0.4 is 11.5 Å². The van der Waals surface area contributed by atoms with Gasteiger partial charge in [0.2, 0.25) is 0 Å². The van der Waals surface area contributed by atoms with E-state index in [1.165, 1.54) is 33.4 Å². The number of nitrogen functional groups attached to an aromatic ring is 2. The van der Waals surface area contributed by atoms with Crippen molar-refractivity contribution in [3.63, 3.8) is 0 Å². The van der Waals surface area contributed by atoms with E-state index < -0.39 is 0 Å². The Labute approximate surface area is 172 Å². The van der Waals surface area contributed by atoms with Gasteiger partial charge in [-0.2, -0.15) is 0 Å². The molecule has 2 heteroatoms. The molecule has 0 saturated carbocycles. The van der Waals surface area contributed by atoms with Crippen molar-refractivity contribution in [3.05, 3.63) is 57.6 Å². The molecule has 0 fully saturated rings. The van der Waals surface area contributed by atoms with Crippen molar-refractivity contribution < 1.29 is 0 Å². The summed E-state index contributed by atoms with van der Waals surface area (Å²) in [5.74, 6) is 1.76. The van der Waals surface area contributed by atoms with Gasteiger partial charge in [0, 0.05) is 11.4 Å². The molecule has 0 bridgehead atoms. The van der Waals surface area contributed by atoms with Crippen LogP contribution in [0, 0.1) is 0 Å². The van der Waals surface area contributed by atoms with E-state index >= 15 is 0 Å². The van der Waals surface area contributed by atoms with Crippen molar-refractivity contribution in [3.8, 4) is 0 Å². The minimum absolute atomic E-state index is 0.439. The van der Waals surface area contributed by atoms with Gasteiger partial charge in [0.05, 0.1) is 0 Å². The molecule has 0 atom stereocenters. The number of nitrogens with two attached hydrogens (primary N) is 2. The first-order valence-electron chi connectivity index (χ1n) is 10.9. The third kappa shape index (κ3) is 4.90. The van der Waals surface area contributed by atoms with Gasteiger partial charge in [0.15, 0.2) is 0 Å². The molecule has 0 aliphatic heterocycles. The normalized spacial score (nSPS) is 12.0. The fourth-order valence-electron chi connectivity index (χ4n) is 4.01. The van der Waals surface area contributed by atoms with Gasteiger partial charge < -0.3 is 11.5 Å². The molecule has 0 spiro atoms. The summed E-state index contributed by atoms with van der Waals surface area (Å²) >= 11 is 0. The maximum Gasteiger partial charge on any atom is 0.0384 e. The molecule has 0 aliphatic rings. The summed E-state index contributed by atoms with van der Waals surface area (Å²) in [5, 5.41) is 0. The summed E-state index contributed by atoms with van der Waals surface area (Å²) in [6.07, 6.45) is 2.05. The summed E-state index contributed by atoms with van der Waals surface area (Å²) in [4.78, 5) is 0. The standard InChI is InChI=1S/C26H40N2/c1-15(2)21-11-19(12-22(16(3)4)25(21)27)9-10-20-13-23(17(5)6)26(28)24(14-20)18(7)8/h11-18H,9-10,27-28H2,1-8H3. The number of rotatable bonds is 7. The van der Waals surface area contributed by atoms with Gasteiger partial charge in [-0.25, -0.2) is 0 Å². The third-order valence-electron chi connectivity index (χ3n) is 5.80. The Morgan fingerprint density at radius 3 is 0.893 bits per heavy atom. The monoisotopic (exact) mass is 380 g/mol. The lowest BCUT2D eigenvalue weighted by Gasteiger charge is -2.20. The summed E-state index contributed by atoms with van der Waals surface area (Å²) in [6.45, 7) is 17.8. The molecule has 2 aromatic rings. The van der Waals surface area contributed by atoms with Crippen molar-refractivity contribution in [2.75, 3.05) is 11.5 Å². The Balaban J connectivity index is 2.38. The van der Waals surface area contributed by atoms with E-state index in [1.807, 2.05) is 0 Å². The lowest BCUT2D eigenvalue weighted by atomic mass is 9.87. The molecular weight excluding hydrogens is 340 g/mol. The van der Waals surface area contributed by atoms with E-state index in [-0.39, 0.29) is 0 Å². The summed E-state index contributed by atoms with van der Waals surface area (Å²) in [5.41, 5.74) is 22.8. The molecule has 0 aromatic heterocycles. The quantitative estimate of drug-likeness (QED) is 0.502. The lowest BCUT2D eigenvalue weighted by molar-refractivity contribution is 0.820. The van der Waals surface area contributed by atoms with Crippen LogP contribution in [0.25, 0.3) is 0 Å². The maximum atomic E-state index is 6.47. The Morgan fingerprint density at radius 1 is 0.500 bits per heavy atom. The number of hydrogen-bond acceptors (Lipinski definition) is 2. The molecule has 2 rings (SSSR count). The lowest BCUT2D eigenvalue weighted by Crippen LogP contribution is -2.07. The van der Waals surface area contributed by atoms with Gasteiger partial charge in [-0.05, 0) is 69.9 Å². The minimum Gasteiger partial charge on any atom is -0.398 e. The molecule has 28 heavy (non-hydrogen) atoms. The molecule has 0 radical (unpaired) electrons. The fourth-order valence-corrected chi connectivity index (χ4v) is 4.01. The fraction of sp³-hybridized carbons (Fsp3) is 0.538. The number of anilines is 2. The molecule has 2 aromatic carbocycles. The van der Waals surface area contributed by atoms with Crippen molar-refractivity contribution in [1.82, 2.24) is 0 Å². The average Bonchev–Trinajstić information content (AvgIpc) is 2.60. The summed E-state index contributed by atoms with van der Waals surface area (Å²) in [6, 6.07) is 9.26. The third-order valence-corrected chi connectivity index (χ3v) is 5.80. The molecule has 2 nitrogen and oxygen atoms in total. The van der Waals surface area contributed by atoms with Crippen molar-refractivity contribution >= 4 is 11.4 Å². The van der Waals surface area contributed by atoms with Gasteiger partial charge in [-0.3, -0.25) is 0 Å². The van der Waals surface area contributed by atoms with Crippen molar-refractivity contribution in [1.29, 1.82) is 0 Å². The van der Waals surface area contributed by atoms with Crippen LogP contribution in [-0.4, -0.2) is 0 Å². The zero-order chi connectivity index (χ0) is 21.2. The van der Waals surface area contributed by atoms with E-state index in [4.69, 9.17) is 11.5 Å². The predicted octanol–water partition coefficient (Wildman–Crippen LogP) is 7.13. The highest BCUT2D eigenvalue weighted by Crippen LogP contribution is 2.34. The second-order valence-corrected chi connectivity index (χ2v) is 9.49. The highest BCUT2D eigenvalue weighted by atomic mass is 14.6. The van der Waals surface area contributed by atoms with Gasteiger partial charge in [0.25, 0.3) is 0 Å². The van der Waals surface area contributed by atoms with E-state index in [1.54, 1.807) is 0 Å². The van der Waals surface area contributed by atoms with E-state index in [0.717, 1.165) is 24.2 Å². The summed E-state index contributed by atoms with van der Waals surface area (Å²) < 4.78 is 0. The highest BCUT2D eigenvalue weighted by molar-refractivity contribution is 5.59. The molecule has 0 saturated heterocycles. The first kappa shape index (κ1) is 22.3. The van der Waals surface area contributed by atoms with Gasteiger partial charge in [-0.1, -0.05) is 79.7 Å². The van der Waals surface area contributed by atoms with Crippen LogP contribution in [0.4, 0.5) is 11.4 Å². The van der Waals surface area contributed by atoms with Crippen LogP contribution in [-0.2, 0) is 12.8 Å².